The van der Waals surface area contributed by atoms with Gasteiger partial charge in [-0.3, -0.25) is 37.3 Å². The summed E-state index contributed by atoms with van der Waals surface area (Å²) < 4.78 is 68.9. The Labute approximate surface area is 638 Å². The monoisotopic (exact) mass is 1520 g/mol. The number of esters is 4. The fourth-order valence-electron chi connectivity index (χ4n) is 13.2. The van der Waals surface area contributed by atoms with Crippen LogP contribution < -0.4 is 0 Å². The minimum atomic E-state index is -4.96. The first-order valence-electron chi connectivity index (χ1n) is 44.0. The molecule has 0 saturated carbocycles. The summed E-state index contributed by atoms with van der Waals surface area (Å²) in [6, 6.07) is 0. The van der Waals surface area contributed by atoms with E-state index in [1.807, 2.05) is 0 Å². The molecule has 0 fully saturated rings. The predicted octanol–water partition coefficient (Wildman–Crippen LogP) is 25.8. The molecule has 2 unspecified atom stereocenters. The van der Waals surface area contributed by atoms with Crippen LogP contribution in [-0.4, -0.2) is 96.7 Å². The third-order valence-corrected chi connectivity index (χ3v) is 21.9. The molecule has 5 atom stereocenters. The minimum Gasteiger partial charge on any atom is -0.462 e. The van der Waals surface area contributed by atoms with Crippen LogP contribution in [0.2, 0.25) is 0 Å². The van der Waals surface area contributed by atoms with Gasteiger partial charge in [0, 0.05) is 25.7 Å². The highest BCUT2D eigenvalue weighted by atomic mass is 31.2. The van der Waals surface area contributed by atoms with Gasteiger partial charge in [-0.1, -0.05) is 401 Å². The lowest BCUT2D eigenvalue weighted by atomic mass is 10.0. The Hall–Kier alpha value is -1.94. The van der Waals surface area contributed by atoms with Gasteiger partial charge in [0.25, 0.3) is 0 Å². The van der Waals surface area contributed by atoms with Gasteiger partial charge in [0.15, 0.2) is 12.2 Å². The van der Waals surface area contributed by atoms with E-state index in [1.54, 1.807) is 0 Å². The van der Waals surface area contributed by atoms with Crippen LogP contribution in [0.1, 0.15) is 452 Å². The van der Waals surface area contributed by atoms with Gasteiger partial charge in [0.2, 0.25) is 0 Å². The van der Waals surface area contributed by atoms with Gasteiger partial charge in [-0.05, 0) is 37.5 Å². The summed E-state index contributed by atoms with van der Waals surface area (Å²) in [7, 11) is -9.93. The molecule has 0 radical (unpaired) electrons. The number of unbranched alkanes of at least 4 members (excludes halogenated alkanes) is 54. The Morgan fingerprint density at radius 2 is 0.442 bits per heavy atom. The Morgan fingerprint density at radius 1 is 0.260 bits per heavy atom. The molecule has 0 aromatic carbocycles. The number of aliphatic hydroxyl groups is 1. The van der Waals surface area contributed by atoms with Gasteiger partial charge in [-0.25, -0.2) is 9.13 Å². The highest BCUT2D eigenvalue weighted by molar-refractivity contribution is 7.47. The van der Waals surface area contributed by atoms with Crippen LogP contribution in [0.5, 0.6) is 0 Å². The summed E-state index contributed by atoms with van der Waals surface area (Å²) in [6.07, 6.45) is 68.2. The number of aliphatic hydroxyl groups excluding tert-OH is 1. The molecule has 0 aliphatic heterocycles. The van der Waals surface area contributed by atoms with Crippen LogP contribution in [0, 0.1) is 11.8 Å². The van der Waals surface area contributed by atoms with Gasteiger partial charge in [0.1, 0.15) is 19.3 Å². The maximum absolute atomic E-state index is 13.1. The average molecular weight is 1520 g/mol. The molecular weight excluding hydrogens is 1350 g/mol. The van der Waals surface area contributed by atoms with Gasteiger partial charge < -0.3 is 33.8 Å². The van der Waals surface area contributed by atoms with E-state index >= 15 is 0 Å². The lowest BCUT2D eigenvalue weighted by Gasteiger charge is -2.21. The van der Waals surface area contributed by atoms with Crippen molar-refractivity contribution < 1.29 is 80.2 Å². The van der Waals surface area contributed by atoms with Crippen LogP contribution in [0.3, 0.4) is 0 Å². The summed E-state index contributed by atoms with van der Waals surface area (Å²) in [6.45, 7) is 9.62. The average Bonchev–Trinajstić information content (AvgIpc) is 0.908. The summed E-state index contributed by atoms with van der Waals surface area (Å²) in [5.41, 5.74) is 0. The molecule has 19 heteroatoms. The first kappa shape index (κ1) is 102. The fourth-order valence-corrected chi connectivity index (χ4v) is 14.8. The summed E-state index contributed by atoms with van der Waals surface area (Å²) >= 11 is 0. The maximum atomic E-state index is 13.1. The second-order valence-corrected chi connectivity index (χ2v) is 34.4. The summed E-state index contributed by atoms with van der Waals surface area (Å²) in [4.78, 5) is 73.2. The third-order valence-electron chi connectivity index (χ3n) is 20.0. The van der Waals surface area contributed by atoms with E-state index in [1.165, 1.54) is 263 Å². The first-order valence-corrected chi connectivity index (χ1v) is 47.0. The van der Waals surface area contributed by atoms with Crippen LogP contribution >= 0.6 is 15.6 Å². The molecule has 0 aliphatic carbocycles. The van der Waals surface area contributed by atoms with E-state index in [2.05, 4.69) is 41.5 Å². The Morgan fingerprint density at radius 3 is 0.654 bits per heavy atom. The van der Waals surface area contributed by atoms with E-state index < -0.39 is 97.5 Å². The van der Waals surface area contributed by atoms with E-state index in [4.69, 9.17) is 37.0 Å². The van der Waals surface area contributed by atoms with Gasteiger partial charge in [-0.2, -0.15) is 0 Å². The Bertz CT molecular complexity index is 1990. The number of phosphoric acid groups is 2. The van der Waals surface area contributed by atoms with Crippen molar-refractivity contribution in [3.05, 3.63) is 0 Å². The lowest BCUT2D eigenvalue weighted by molar-refractivity contribution is -0.161. The Balaban J connectivity index is 5.23. The number of ether oxygens (including phenoxy) is 4. The topological polar surface area (TPSA) is 237 Å². The van der Waals surface area contributed by atoms with E-state index in [0.717, 1.165) is 102 Å². The van der Waals surface area contributed by atoms with Gasteiger partial charge in [-0.15, -0.1) is 0 Å². The zero-order valence-corrected chi connectivity index (χ0v) is 70.1. The molecular formula is C85H166O17P2. The normalized spacial score (nSPS) is 13.8. The van der Waals surface area contributed by atoms with E-state index in [9.17, 15) is 43.2 Å². The standard InChI is InChI=1S/C85H166O17P2/c1-7-9-11-13-15-17-19-21-23-25-27-28-30-32-36-40-44-50-57-63-69-84(89)101-80(73-95-82(87)67-61-55-49-43-39-35-31-29-26-24-22-20-18-16-14-12-10-8-2)75-99-103(91,92)97-71-79(86)72-98-104(93,94)100-76-81(74-96-83(88)68-62-56-52-46-48-54-60-66-78(5)6)102-85(90)70-64-58-51-45-41-37-33-34-38-42-47-53-59-65-77(3)4/h77-81,86H,7-76H2,1-6H3,(H,91,92)(H,93,94)/t79-,80-,81-/m1/s1. The van der Waals surface area contributed by atoms with Crippen molar-refractivity contribution in [3.63, 3.8) is 0 Å². The highest BCUT2D eigenvalue weighted by Crippen LogP contribution is 2.45. The van der Waals surface area contributed by atoms with Crippen molar-refractivity contribution in [2.75, 3.05) is 39.6 Å². The summed E-state index contributed by atoms with van der Waals surface area (Å²) in [5.74, 6) is -0.613. The van der Waals surface area contributed by atoms with E-state index in [-0.39, 0.29) is 25.7 Å². The Kier molecular flexibility index (Phi) is 75.0. The molecule has 0 amide bonds. The van der Waals surface area contributed by atoms with Gasteiger partial charge >= 0.3 is 39.5 Å². The third kappa shape index (κ3) is 78.2. The molecule has 0 rings (SSSR count). The number of carbonyl (C=O) groups excluding carboxylic acids is 4. The fraction of sp³-hybridized carbons (Fsp3) is 0.953. The lowest BCUT2D eigenvalue weighted by Crippen LogP contribution is -2.30. The predicted molar refractivity (Wildman–Crippen MR) is 428 cm³/mol. The summed E-state index contributed by atoms with van der Waals surface area (Å²) in [5, 5.41) is 10.7. The van der Waals surface area contributed by atoms with E-state index in [0.29, 0.717) is 31.6 Å². The molecule has 0 bridgehead atoms. The van der Waals surface area contributed by atoms with Crippen LogP contribution in [0.15, 0.2) is 0 Å². The highest BCUT2D eigenvalue weighted by Gasteiger charge is 2.30. The molecule has 3 N–H and O–H groups in total. The molecule has 0 heterocycles. The van der Waals surface area contributed by atoms with Gasteiger partial charge in [0.05, 0.1) is 26.4 Å². The second kappa shape index (κ2) is 76.4. The molecule has 0 spiro atoms. The maximum Gasteiger partial charge on any atom is 0.472 e. The number of hydrogen-bond acceptors (Lipinski definition) is 15. The quantitative estimate of drug-likeness (QED) is 0.0222. The van der Waals surface area contributed by atoms with Crippen molar-refractivity contribution in [3.8, 4) is 0 Å². The van der Waals surface area contributed by atoms with Crippen LogP contribution in [-0.2, 0) is 65.4 Å². The number of carbonyl (C=O) groups is 4. The van der Waals surface area contributed by atoms with Crippen LogP contribution in [0.25, 0.3) is 0 Å². The largest absolute Gasteiger partial charge is 0.472 e. The zero-order valence-electron chi connectivity index (χ0n) is 68.3. The smallest absolute Gasteiger partial charge is 0.462 e. The number of hydrogen-bond donors (Lipinski definition) is 3. The second-order valence-electron chi connectivity index (χ2n) is 31.5. The molecule has 17 nitrogen and oxygen atoms in total. The van der Waals surface area contributed by atoms with Crippen molar-refractivity contribution in [2.45, 2.75) is 471 Å². The SMILES string of the molecule is CCCCCCCCCCCCCCCCCCCCCCC(=O)O[C@H](COC(=O)CCCCCCCCCCCCCCCCCCCC)COP(=O)(O)OC[C@@H](O)COP(=O)(O)OC[C@@H](COC(=O)CCCCCCCCCC(C)C)OC(=O)CCCCCCCCCCCCCCCC(C)C. The van der Waals surface area contributed by atoms with Crippen molar-refractivity contribution in [2.24, 2.45) is 11.8 Å². The molecule has 0 aromatic rings. The molecule has 0 aliphatic rings. The molecule has 618 valence electrons. The van der Waals surface area contributed by atoms with Crippen molar-refractivity contribution >= 4 is 39.5 Å². The zero-order chi connectivity index (χ0) is 76.4. The first-order chi connectivity index (χ1) is 50.4. The number of phosphoric ester groups is 2. The minimum absolute atomic E-state index is 0.107. The molecule has 104 heavy (non-hydrogen) atoms. The van der Waals surface area contributed by atoms with Crippen molar-refractivity contribution in [1.82, 2.24) is 0 Å². The van der Waals surface area contributed by atoms with Crippen LogP contribution in [0.4, 0.5) is 0 Å². The molecule has 0 saturated heterocycles. The number of rotatable bonds is 84. The van der Waals surface area contributed by atoms with Crippen molar-refractivity contribution in [1.29, 1.82) is 0 Å². The molecule has 0 aromatic heterocycles.